The Morgan fingerprint density at radius 1 is 0.969 bits per heavy atom. The van der Waals surface area contributed by atoms with Gasteiger partial charge in [-0.05, 0) is 36.4 Å². The zero-order valence-electron chi connectivity index (χ0n) is 15.0. The summed E-state index contributed by atoms with van der Waals surface area (Å²) in [5, 5.41) is 11.2. The number of anilines is 1. The molecular weight excluding hydrogens is 505 g/mol. The summed E-state index contributed by atoms with van der Waals surface area (Å²) >= 11 is 18.1. The molecule has 0 aliphatic heterocycles. The van der Waals surface area contributed by atoms with Crippen molar-refractivity contribution < 1.29 is 27.9 Å². The third-order valence-corrected chi connectivity index (χ3v) is 4.87. The minimum atomic E-state index is -4.67. The van der Waals surface area contributed by atoms with E-state index >= 15 is 0 Å². The van der Waals surface area contributed by atoms with Crippen molar-refractivity contribution in [2.45, 2.75) is 6.18 Å². The second-order valence-corrected chi connectivity index (χ2v) is 7.25. The fraction of sp³-hybridized carbons (Fsp3) is 0.0526. The average Bonchev–Trinajstić information content (AvgIpc) is 2.70. The quantitative estimate of drug-likeness (QED) is 0.453. The summed E-state index contributed by atoms with van der Waals surface area (Å²) in [5.41, 5.74) is -1.39. The zero-order chi connectivity index (χ0) is 22.9. The van der Waals surface area contributed by atoms with Crippen molar-refractivity contribution in [3.63, 3.8) is 0 Å². The van der Waals surface area contributed by atoms with Crippen LogP contribution in [0.25, 0.3) is 11.4 Å². The summed E-state index contributed by atoms with van der Waals surface area (Å²) in [6, 6.07) is 6.78. The van der Waals surface area contributed by atoms with Crippen LogP contribution in [0, 0.1) is 0 Å². The maximum atomic E-state index is 12.9. The van der Waals surface area contributed by atoms with E-state index in [9.17, 15) is 22.8 Å². The SMILES string of the molecule is O=C(O)c1cc(Cl)c(NC(=O)c2cc(-c3nccc(C(F)(F)F)n3)ccc2Cl)c(Cl)c1.[NaH]. The van der Waals surface area contributed by atoms with E-state index < -0.39 is 23.7 Å². The van der Waals surface area contributed by atoms with Crippen molar-refractivity contribution in [1.29, 1.82) is 0 Å². The Labute approximate surface area is 216 Å². The molecule has 0 unspecified atom stereocenters. The number of nitrogens with one attached hydrogen (secondary N) is 1. The maximum absolute atomic E-state index is 12.9. The summed E-state index contributed by atoms with van der Waals surface area (Å²) in [7, 11) is 0. The molecule has 13 heteroatoms. The average molecular weight is 515 g/mol. The molecule has 0 spiro atoms. The first-order valence-electron chi connectivity index (χ1n) is 8.21. The van der Waals surface area contributed by atoms with Crippen LogP contribution in [0.3, 0.4) is 0 Å². The first-order chi connectivity index (χ1) is 14.5. The molecule has 0 atom stereocenters. The third-order valence-electron chi connectivity index (χ3n) is 3.94. The summed E-state index contributed by atoms with van der Waals surface area (Å²) in [6.45, 7) is 0. The second kappa shape index (κ2) is 10.4. The first-order valence-corrected chi connectivity index (χ1v) is 9.34. The molecule has 6 nitrogen and oxygen atoms in total. The predicted molar refractivity (Wildman–Crippen MR) is 116 cm³/mol. The summed E-state index contributed by atoms with van der Waals surface area (Å²) in [6.07, 6.45) is -3.72. The molecule has 3 aromatic rings. The normalized spacial score (nSPS) is 10.9. The Kier molecular flexibility index (Phi) is 8.55. The van der Waals surface area contributed by atoms with E-state index in [2.05, 4.69) is 15.3 Å². The molecule has 1 heterocycles. The van der Waals surface area contributed by atoms with Gasteiger partial charge in [-0.15, -0.1) is 0 Å². The number of benzene rings is 2. The molecule has 0 aliphatic rings. The van der Waals surface area contributed by atoms with Crippen molar-refractivity contribution >= 4 is 81.9 Å². The van der Waals surface area contributed by atoms with Gasteiger partial charge >= 0.3 is 41.7 Å². The van der Waals surface area contributed by atoms with Crippen LogP contribution in [0.2, 0.25) is 15.1 Å². The number of rotatable bonds is 4. The molecule has 1 amide bonds. The van der Waals surface area contributed by atoms with Gasteiger partial charge in [0.05, 0.1) is 31.9 Å². The van der Waals surface area contributed by atoms with E-state index in [0.29, 0.717) is 0 Å². The van der Waals surface area contributed by atoms with Gasteiger partial charge in [-0.1, -0.05) is 34.8 Å². The molecule has 0 aliphatic carbocycles. The van der Waals surface area contributed by atoms with Crippen LogP contribution in [0.5, 0.6) is 0 Å². The van der Waals surface area contributed by atoms with Crippen molar-refractivity contribution in [1.82, 2.24) is 9.97 Å². The molecule has 0 saturated carbocycles. The Morgan fingerprint density at radius 2 is 1.59 bits per heavy atom. The monoisotopic (exact) mass is 513 g/mol. The molecular formula is C19H10Cl3F3N3NaO3. The summed E-state index contributed by atoms with van der Waals surface area (Å²) < 4.78 is 38.7. The standard InChI is InChI=1S/C19H9Cl3F3N3O3.Na.H/c20-11-2-1-8(16-26-4-3-14(27-16)19(23,24)25)5-10(11)17(29)28-15-12(21)6-9(18(30)31)7-13(15)22;;/h1-7H,(H,28,29)(H,30,31);;. The number of nitrogens with zero attached hydrogens (tertiary/aromatic N) is 2. The predicted octanol–water partition coefficient (Wildman–Crippen LogP) is 5.42. The van der Waals surface area contributed by atoms with Gasteiger partial charge in [-0.25, -0.2) is 14.8 Å². The second-order valence-electron chi connectivity index (χ2n) is 6.03. The van der Waals surface area contributed by atoms with Crippen LogP contribution < -0.4 is 5.32 Å². The van der Waals surface area contributed by atoms with Gasteiger partial charge in [0, 0.05) is 11.8 Å². The number of hydrogen-bond donors (Lipinski definition) is 2. The minimum absolute atomic E-state index is 0. The molecule has 3 rings (SSSR count). The van der Waals surface area contributed by atoms with Gasteiger partial charge in [0.1, 0.15) is 5.69 Å². The number of alkyl halides is 3. The number of carbonyl (C=O) groups is 2. The van der Waals surface area contributed by atoms with E-state index in [1.54, 1.807) is 0 Å². The zero-order valence-corrected chi connectivity index (χ0v) is 17.2. The van der Waals surface area contributed by atoms with E-state index in [4.69, 9.17) is 39.9 Å². The van der Waals surface area contributed by atoms with Gasteiger partial charge in [0.25, 0.3) is 5.91 Å². The number of carbonyl (C=O) groups excluding carboxylic acids is 1. The van der Waals surface area contributed by atoms with Crippen LogP contribution >= 0.6 is 34.8 Å². The van der Waals surface area contributed by atoms with E-state index in [0.717, 1.165) is 24.4 Å². The van der Waals surface area contributed by atoms with Crippen LogP contribution in [0.15, 0.2) is 42.6 Å². The summed E-state index contributed by atoms with van der Waals surface area (Å²) in [5.74, 6) is -2.31. The Hall–Kier alpha value is -1.88. The molecule has 32 heavy (non-hydrogen) atoms. The van der Waals surface area contributed by atoms with Gasteiger partial charge < -0.3 is 10.4 Å². The van der Waals surface area contributed by atoms with Gasteiger partial charge in [-0.3, -0.25) is 4.79 Å². The topological polar surface area (TPSA) is 92.2 Å². The van der Waals surface area contributed by atoms with Crippen molar-refractivity contribution in [3.05, 3.63) is 74.5 Å². The van der Waals surface area contributed by atoms with Gasteiger partial charge in [0.2, 0.25) is 0 Å². The number of halogens is 6. The third kappa shape index (κ3) is 5.92. The van der Waals surface area contributed by atoms with E-state index in [1.165, 1.54) is 18.2 Å². The first kappa shape index (κ1) is 26.4. The molecule has 0 fully saturated rings. The Bertz CT molecular complexity index is 1190. The Morgan fingerprint density at radius 3 is 2.16 bits per heavy atom. The van der Waals surface area contributed by atoms with Crippen molar-refractivity contribution in [2.24, 2.45) is 0 Å². The molecule has 162 valence electrons. The van der Waals surface area contributed by atoms with Crippen LogP contribution in [0.1, 0.15) is 26.4 Å². The fourth-order valence-electron chi connectivity index (χ4n) is 2.49. The van der Waals surface area contributed by atoms with Crippen molar-refractivity contribution in [3.8, 4) is 11.4 Å². The van der Waals surface area contributed by atoms with E-state index in [1.807, 2.05) is 0 Å². The van der Waals surface area contributed by atoms with Crippen LogP contribution in [0.4, 0.5) is 18.9 Å². The number of carboxylic acid groups (broad SMARTS) is 1. The number of aromatic carboxylic acids is 1. The van der Waals surface area contributed by atoms with Crippen molar-refractivity contribution in [2.75, 3.05) is 5.32 Å². The number of carboxylic acids is 1. The summed E-state index contributed by atoms with van der Waals surface area (Å²) in [4.78, 5) is 31.1. The number of hydrogen-bond acceptors (Lipinski definition) is 4. The van der Waals surface area contributed by atoms with Gasteiger partial charge in [0.15, 0.2) is 5.82 Å². The number of aromatic nitrogens is 2. The molecule has 2 N–H and O–H groups in total. The molecule has 0 radical (unpaired) electrons. The molecule has 0 bridgehead atoms. The molecule has 1 aromatic heterocycles. The number of amides is 1. The fourth-order valence-corrected chi connectivity index (χ4v) is 3.28. The van der Waals surface area contributed by atoms with Crippen LogP contribution in [-0.4, -0.2) is 56.5 Å². The molecule has 0 saturated heterocycles. The van der Waals surface area contributed by atoms with Gasteiger partial charge in [-0.2, -0.15) is 13.2 Å². The Balaban J connectivity index is 0.00000363. The molecule has 2 aromatic carbocycles. The van der Waals surface area contributed by atoms with Crippen LogP contribution in [-0.2, 0) is 6.18 Å². The van der Waals surface area contributed by atoms with E-state index in [-0.39, 0.29) is 72.8 Å².